The van der Waals surface area contributed by atoms with Crippen LogP contribution in [0.15, 0.2) is 75.5 Å². The van der Waals surface area contributed by atoms with E-state index in [1.807, 2.05) is 0 Å². The number of allylic oxidation sites excluding steroid dienone is 2. The molecule has 0 amide bonds. The van der Waals surface area contributed by atoms with Crippen LogP contribution in [0, 0.1) is 0 Å². The maximum atomic E-state index is 11.6. The second kappa shape index (κ2) is 12.1. The van der Waals surface area contributed by atoms with Crippen LogP contribution in [-0.2, 0) is 5.60 Å². The Kier molecular flexibility index (Phi) is 9.35. The second-order valence-electron chi connectivity index (χ2n) is 8.12. The van der Waals surface area contributed by atoms with Crippen LogP contribution >= 0.6 is 92.8 Å². The Bertz CT molecular complexity index is 1620. The van der Waals surface area contributed by atoms with Gasteiger partial charge in [0.25, 0.3) is 0 Å². The summed E-state index contributed by atoms with van der Waals surface area (Å²) in [4.78, 5) is 23.1. The lowest BCUT2D eigenvalue weighted by Gasteiger charge is -2.42. The van der Waals surface area contributed by atoms with Crippen LogP contribution in [0.4, 0.5) is 0 Å². The summed E-state index contributed by atoms with van der Waals surface area (Å²) in [6.07, 6.45) is 0. The first-order valence-electron chi connectivity index (χ1n) is 10.8. The average Bonchev–Trinajstić information content (AvgIpc) is 2.93. The third kappa shape index (κ3) is 5.57. The van der Waals surface area contributed by atoms with Gasteiger partial charge in [0.05, 0.1) is 41.3 Å². The Morgan fingerprint density at radius 2 is 1.27 bits per heavy atom. The normalized spacial score (nSPS) is 19.1. The Morgan fingerprint density at radius 1 is 0.725 bits per heavy atom. The van der Waals surface area contributed by atoms with E-state index in [1.54, 1.807) is 0 Å². The lowest BCUT2D eigenvalue weighted by Crippen LogP contribution is -2.47. The number of carboxylic acids is 2. The molecule has 0 fully saturated rings. The topological polar surface area (TPSA) is 93.1 Å². The first-order valence-corrected chi connectivity index (χ1v) is 13.8. The molecule has 0 radical (unpaired) electrons. The van der Waals surface area contributed by atoms with E-state index >= 15 is 0 Å². The largest absolute Gasteiger partial charge is 0.478 e. The molecule has 1 aliphatic carbocycles. The van der Waals surface area contributed by atoms with Gasteiger partial charge in [-0.3, -0.25) is 0 Å². The minimum absolute atomic E-state index is 0.0120. The zero-order chi connectivity index (χ0) is 29.5. The molecule has 4 rings (SSSR count). The van der Waals surface area contributed by atoms with Gasteiger partial charge in [0.2, 0.25) is 0 Å². The molecule has 208 valence electrons. The van der Waals surface area contributed by atoms with Crippen LogP contribution in [0.2, 0.25) is 20.1 Å². The predicted molar refractivity (Wildman–Crippen MR) is 157 cm³/mol. The van der Waals surface area contributed by atoms with Crippen molar-refractivity contribution >= 4 is 105 Å². The summed E-state index contributed by atoms with van der Waals surface area (Å²) in [5.41, 5.74) is -2.29. The highest BCUT2D eigenvalue weighted by Gasteiger charge is 2.55. The Balaban J connectivity index is 1.99. The van der Waals surface area contributed by atoms with Crippen molar-refractivity contribution in [1.82, 2.24) is 0 Å². The average molecular weight is 704 g/mol. The van der Waals surface area contributed by atoms with Gasteiger partial charge in [-0.05, 0) is 42.5 Å². The standard InChI is InChI=1S/C26H12Cl8O6/c27-15-9-14(16(28)18(30)17(15)29)26(40-13-6-2-4-11(8-13)25(37)38)22(33)20(32)19(31)21(23(26)34)39-12-5-1-3-10(7-12)24(35)36/h1-9,23H,(H,35,36)(H,37,38). The molecule has 0 bridgehead atoms. The van der Waals surface area contributed by atoms with Crippen molar-refractivity contribution in [3.8, 4) is 11.5 Å². The monoisotopic (exact) mass is 700 g/mol. The van der Waals surface area contributed by atoms with Gasteiger partial charge >= 0.3 is 11.9 Å². The van der Waals surface area contributed by atoms with Crippen molar-refractivity contribution in [2.45, 2.75) is 11.0 Å². The fourth-order valence-corrected chi connectivity index (χ4v) is 6.17. The number of ether oxygens (including phenoxy) is 2. The number of benzene rings is 3. The lowest BCUT2D eigenvalue weighted by atomic mass is 9.84. The minimum Gasteiger partial charge on any atom is -0.478 e. The van der Waals surface area contributed by atoms with Crippen LogP contribution < -0.4 is 9.47 Å². The first-order chi connectivity index (χ1) is 18.8. The van der Waals surface area contributed by atoms with Crippen molar-refractivity contribution in [1.29, 1.82) is 0 Å². The second-order valence-corrected chi connectivity index (χ2v) is 11.2. The quantitative estimate of drug-likeness (QED) is 0.145. The summed E-state index contributed by atoms with van der Waals surface area (Å²) < 4.78 is 12.3. The third-order valence-electron chi connectivity index (χ3n) is 5.69. The van der Waals surface area contributed by atoms with Crippen LogP contribution in [0.3, 0.4) is 0 Å². The number of aromatic carboxylic acids is 2. The van der Waals surface area contributed by atoms with Crippen molar-refractivity contribution < 1.29 is 29.3 Å². The molecule has 0 aliphatic heterocycles. The molecule has 0 spiro atoms. The highest BCUT2D eigenvalue weighted by molar-refractivity contribution is 6.53. The predicted octanol–water partition coefficient (Wildman–Crippen LogP) is 9.81. The highest BCUT2D eigenvalue weighted by atomic mass is 35.5. The highest BCUT2D eigenvalue weighted by Crippen LogP contribution is 2.56. The molecule has 2 atom stereocenters. The zero-order valence-electron chi connectivity index (χ0n) is 19.3. The fraction of sp³-hybridized carbons (Fsp3) is 0.0769. The molecule has 2 unspecified atom stereocenters. The van der Waals surface area contributed by atoms with Gasteiger partial charge in [-0.25, -0.2) is 9.59 Å². The van der Waals surface area contributed by atoms with E-state index < -0.39 is 22.9 Å². The number of alkyl halides is 1. The molecule has 0 heterocycles. The van der Waals surface area contributed by atoms with Crippen LogP contribution in [0.1, 0.15) is 26.3 Å². The molecule has 0 saturated carbocycles. The zero-order valence-corrected chi connectivity index (χ0v) is 25.4. The van der Waals surface area contributed by atoms with Gasteiger partial charge in [0, 0.05) is 5.56 Å². The molecule has 40 heavy (non-hydrogen) atoms. The van der Waals surface area contributed by atoms with Crippen molar-refractivity contribution in [3.05, 3.63) is 112 Å². The van der Waals surface area contributed by atoms with Crippen LogP contribution in [0.5, 0.6) is 11.5 Å². The minimum atomic E-state index is -2.08. The van der Waals surface area contributed by atoms with Crippen molar-refractivity contribution in [2.24, 2.45) is 0 Å². The van der Waals surface area contributed by atoms with Gasteiger partial charge in [0.1, 0.15) is 27.7 Å². The molecule has 6 nitrogen and oxygen atoms in total. The summed E-state index contributed by atoms with van der Waals surface area (Å²) in [6, 6.07) is 12.2. The van der Waals surface area contributed by atoms with Gasteiger partial charge in [0.15, 0.2) is 5.60 Å². The van der Waals surface area contributed by atoms with Crippen LogP contribution in [0.25, 0.3) is 0 Å². The Morgan fingerprint density at radius 3 is 1.85 bits per heavy atom. The first kappa shape index (κ1) is 30.9. The van der Waals surface area contributed by atoms with Gasteiger partial charge in [-0.1, -0.05) is 93.3 Å². The molecular weight excluding hydrogens is 692 g/mol. The Hall–Kier alpha value is -2.00. The summed E-state index contributed by atoms with van der Waals surface area (Å²) >= 11 is 52.5. The van der Waals surface area contributed by atoms with Gasteiger partial charge < -0.3 is 19.7 Å². The summed E-state index contributed by atoms with van der Waals surface area (Å²) in [6.45, 7) is 0. The van der Waals surface area contributed by atoms with E-state index in [0.29, 0.717) is 0 Å². The number of halogens is 8. The van der Waals surface area contributed by atoms with E-state index in [9.17, 15) is 19.8 Å². The fourth-order valence-electron chi connectivity index (χ4n) is 3.82. The molecule has 2 N–H and O–H groups in total. The number of carbonyl (C=O) groups is 2. The molecular formula is C26H12Cl8O6. The molecule has 14 heteroatoms. The molecule has 3 aromatic rings. The smallest absolute Gasteiger partial charge is 0.335 e. The van der Waals surface area contributed by atoms with E-state index in [4.69, 9.17) is 102 Å². The summed E-state index contributed by atoms with van der Waals surface area (Å²) in [7, 11) is 0. The van der Waals surface area contributed by atoms with Crippen LogP contribution in [-0.4, -0.2) is 27.5 Å². The summed E-state index contributed by atoms with van der Waals surface area (Å²) in [5, 5.41) is 16.2. The number of carboxylic acid groups (broad SMARTS) is 2. The molecule has 0 aromatic heterocycles. The molecule has 3 aromatic carbocycles. The molecule has 0 saturated heterocycles. The number of rotatable bonds is 7. The van der Waals surface area contributed by atoms with E-state index in [0.717, 1.165) is 0 Å². The maximum absolute atomic E-state index is 11.6. The third-order valence-corrected chi connectivity index (χ3v) is 9.36. The van der Waals surface area contributed by atoms with E-state index in [1.165, 1.54) is 54.6 Å². The van der Waals surface area contributed by atoms with E-state index in [2.05, 4.69) is 0 Å². The van der Waals surface area contributed by atoms with E-state index in [-0.39, 0.29) is 69.1 Å². The molecule has 1 aliphatic rings. The summed E-state index contributed by atoms with van der Waals surface area (Å²) in [5.74, 6) is -2.61. The SMILES string of the molecule is O=C(O)c1cccc(OC2=C(Cl)C(Cl)=C(Cl)C(Oc3cccc(C(=O)O)c3)(c3cc(Cl)c(Cl)c(Cl)c3Cl)C2Cl)c1. The van der Waals surface area contributed by atoms with Gasteiger partial charge in [-0.15, -0.1) is 11.6 Å². The van der Waals surface area contributed by atoms with Gasteiger partial charge in [-0.2, -0.15) is 0 Å². The van der Waals surface area contributed by atoms with Crippen molar-refractivity contribution in [3.63, 3.8) is 0 Å². The van der Waals surface area contributed by atoms with Crippen molar-refractivity contribution in [2.75, 3.05) is 0 Å². The Labute approximate surface area is 267 Å². The number of hydrogen-bond acceptors (Lipinski definition) is 4. The maximum Gasteiger partial charge on any atom is 0.335 e. The number of hydrogen-bond donors (Lipinski definition) is 2. The lowest BCUT2D eigenvalue weighted by molar-refractivity contribution is 0.0685.